The number of hydrogen-bond donors (Lipinski definition) is 2. The van der Waals surface area contributed by atoms with E-state index < -0.39 is 0 Å². The second-order valence-electron chi connectivity index (χ2n) is 7.02. The standard InChI is InChI=1S/C20H25N5OS/c1-3-4-5-6-11-25-16-9-10-21-20(26)18(16)19(23-25)22-15-7-8-17-14(12-15)13-24(2)27-17/h7-10,12H,3-6,11,13H2,1-2H3,(H,21,26)(H,22,23). The van der Waals surface area contributed by atoms with Gasteiger partial charge in [-0.05, 0) is 55.2 Å². The zero-order chi connectivity index (χ0) is 18.8. The van der Waals surface area contributed by atoms with Crippen LogP contribution in [0.4, 0.5) is 11.5 Å². The zero-order valence-corrected chi connectivity index (χ0v) is 16.6. The van der Waals surface area contributed by atoms with Crippen LogP contribution in [0.15, 0.2) is 40.2 Å². The molecule has 1 aromatic carbocycles. The summed E-state index contributed by atoms with van der Waals surface area (Å²) in [7, 11) is 2.09. The first kappa shape index (κ1) is 18.1. The van der Waals surface area contributed by atoms with E-state index in [1.54, 1.807) is 18.1 Å². The highest BCUT2D eigenvalue weighted by atomic mass is 32.2. The fourth-order valence-electron chi connectivity index (χ4n) is 3.53. The van der Waals surface area contributed by atoms with Crippen molar-refractivity contribution < 1.29 is 0 Å². The first-order valence-corrected chi connectivity index (χ1v) is 10.3. The molecule has 1 aliphatic rings. The normalized spacial score (nSPS) is 14.0. The van der Waals surface area contributed by atoms with Crippen molar-refractivity contribution in [1.29, 1.82) is 0 Å². The second kappa shape index (κ2) is 7.78. The summed E-state index contributed by atoms with van der Waals surface area (Å²) >= 11 is 1.76. The average Bonchev–Trinajstić information content (AvgIpc) is 3.19. The van der Waals surface area contributed by atoms with Crippen molar-refractivity contribution in [2.24, 2.45) is 0 Å². The number of rotatable bonds is 7. The number of hydrogen-bond acceptors (Lipinski definition) is 5. The van der Waals surface area contributed by atoms with Crippen molar-refractivity contribution in [2.75, 3.05) is 12.4 Å². The van der Waals surface area contributed by atoms with E-state index in [-0.39, 0.29) is 5.56 Å². The third kappa shape index (κ3) is 3.75. The highest BCUT2D eigenvalue weighted by Gasteiger charge is 2.18. The number of anilines is 2. The number of nitrogens with one attached hydrogen (secondary N) is 2. The molecule has 0 saturated carbocycles. The van der Waals surface area contributed by atoms with Gasteiger partial charge in [-0.15, -0.1) is 0 Å². The van der Waals surface area contributed by atoms with E-state index in [2.05, 4.69) is 40.7 Å². The van der Waals surface area contributed by atoms with E-state index in [9.17, 15) is 4.79 Å². The fraction of sp³-hybridized carbons (Fsp3) is 0.400. The van der Waals surface area contributed by atoms with Crippen molar-refractivity contribution in [3.05, 3.63) is 46.4 Å². The summed E-state index contributed by atoms with van der Waals surface area (Å²) in [4.78, 5) is 16.5. The topological polar surface area (TPSA) is 66.0 Å². The van der Waals surface area contributed by atoms with Gasteiger partial charge in [0.1, 0.15) is 5.39 Å². The van der Waals surface area contributed by atoms with Gasteiger partial charge in [0.15, 0.2) is 5.82 Å². The van der Waals surface area contributed by atoms with E-state index in [1.165, 1.54) is 29.7 Å². The third-order valence-corrected chi connectivity index (χ3v) is 5.90. The summed E-state index contributed by atoms with van der Waals surface area (Å²) in [5.41, 5.74) is 3.04. The van der Waals surface area contributed by atoms with Crippen molar-refractivity contribution >= 4 is 34.4 Å². The first-order valence-electron chi connectivity index (χ1n) is 9.53. The van der Waals surface area contributed by atoms with E-state index in [1.807, 2.05) is 16.8 Å². The molecule has 0 fully saturated rings. The van der Waals surface area contributed by atoms with Gasteiger partial charge in [0.05, 0.1) is 5.52 Å². The zero-order valence-electron chi connectivity index (χ0n) is 15.8. The lowest BCUT2D eigenvalue weighted by Crippen LogP contribution is -2.06. The molecule has 0 aliphatic carbocycles. The highest BCUT2D eigenvalue weighted by molar-refractivity contribution is 7.97. The molecule has 3 aromatic rings. The number of benzene rings is 1. The smallest absolute Gasteiger partial charge is 0.261 e. The predicted octanol–water partition coefficient (Wildman–Crippen LogP) is 4.50. The van der Waals surface area contributed by atoms with Crippen LogP contribution < -0.4 is 10.9 Å². The second-order valence-corrected chi connectivity index (χ2v) is 8.27. The molecule has 2 aromatic heterocycles. The molecule has 6 nitrogen and oxygen atoms in total. The van der Waals surface area contributed by atoms with Gasteiger partial charge in [0, 0.05) is 29.9 Å². The SMILES string of the molecule is CCCCCCn1nc(Nc2ccc3c(c2)CN(C)S3)c2c(=O)[nH]ccc21. The van der Waals surface area contributed by atoms with Crippen LogP contribution in [0.2, 0.25) is 0 Å². The highest BCUT2D eigenvalue weighted by Crippen LogP contribution is 2.36. The molecule has 27 heavy (non-hydrogen) atoms. The van der Waals surface area contributed by atoms with Crippen LogP contribution in [0.1, 0.15) is 38.2 Å². The number of unbranched alkanes of at least 4 members (excludes halogenated alkanes) is 3. The molecule has 1 aliphatic heterocycles. The first-order chi connectivity index (χ1) is 13.2. The number of aromatic nitrogens is 3. The maximum atomic E-state index is 12.5. The van der Waals surface area contributed by atoms with Crippen LogP contribution >= 0.6 is 11.9 Å². The summed E-state index contributed by atoms with van der Waals surface area (Å²) in [5.74, 6) is 0.626. The summed E-state index contributed by atoms with van der Waals surface area (Å²) in [5, 5.41) is 8.72. The Bertz CT molecular complexity index is 1010. The number of H-pyrrole nitrogens is 1. The Balaban J connectivity index is 1.63. The number of pyridine rings is 1. The van der Waals surface area contributed by atoms with Gasteiger partial charge < -0.3 is 10.3 Å². The molecule has 0 atom stereocenters. The monoisotopic (exact) mass is 383 g/mol. The van der Waals surface area contributed by atoms with Crippen molar-refractivity contribution in [3.8, 4) is 0 Å². The third-order valence-electron chi connectivity index (χ3n) is 4.87. The number of aryl methyl sites for hydroxylation is 1. The Hall–Kier alpha value is -2.25. The molecule has 4 rings (SSSR count). The Labute approximate surface area is 163 Å². The van der Waals surface area contributed by atoms with Crippen molar-refractivity contribution in [2.45, 2.75) is 50.6 Å². The largest absolute Gasteiger partial charge is 0.338 e. The summed E-state index contributed by atoms with van der Waals surface area (Å²) in [6.45, 7) is 3.95. The minimum Gasteiger partial charge on any atom is -0.338 e. The van der Waals surface area contributed by atoms with E-state index >= 15 is 0 Å². The number of fused-ring (bicyclic) bond motifs is 2. The maximum Gasteiger partial charge on any atom is 0.261 e. The maximum absolute atomic E-state index is 12.5. The molecule has 142 valence electrons. The van der Waals surface area contributed by atoms with Gasteiger partial charge in [0.2, 0.25) is 0 Å². The lowest BCUT2D eigenvalue weighted by molar-refractivity contribution is 0.555. The van der Waals surface area contributed by atoms with Crippen LogP contribution in [0.3, 0.4) is 0 Å². The van der Waals surface area contributed by atoms with Gasteiger partial charge in [-0.1, -0.05) is 26.2 Å². The minimum atomic E-state index is -0.105. The van der Waals surface area contributed by atoms with E-state index in [0.29, 0.717) is 11.2 Å². The van der Waals surface area contributed by atoms with Crippen LogP contribution in [0, 0.1) is 0 Å². The molecule has 7 heteroatoms. The van der Waals surface area contributed by atoms with Crippen LogP contribution in [0.25, 0.3) is 10.9 Å². The predicted molar refractivity (Wildman–Crippen MR) is 112 cm³/mol. The molecular formula is C20H25N5OS. The number of aromatic amines is 1. The Morgan fingerprint density at radius 3 is 3.00 bits per heavy atom. The summed E-state index contributed by atoms with van der Waals surface area (Å²) in [6.07, 6.45) is 6.38. The van der Waals surface area contributed by atoms with Gasteiger partial charge >= 0.3 is 0 Å². The van der Waals surface area contributed by atoms with E-state index in [0.717, 1.165) is 30.7 Å². The van der Waals surface area contributed by atoms with E-state index in [4.69, 9.17) is 5.10 Å². The van der Waals surface area contributed by atoms with Gasteiger partial charge in [-0.25, -0.2) is 4.31 Å². The molecule has 0 amide bonds. The Morgan fingerprint density at radius 1 is 1.26 bits per heavy atom. The minimum absolute atomic E-state index is 0.105. The molecule has 0 bridgehead atoms. The summed E-state index contributed by atoms with van der Waals surface area (Å²) < 4.78 is 4.17. The molecule has 0 unspecified atom stereocenters. The summed E-state index contributed by atoms with van der Waals surface area (Å²) in [6, 6.07) is 8.26. The van der Waals surface area contributed by atoms with Gasteiger partial charge in [-0.2, -0.15) is 5.10 Å². The molecule has 3 heterocycles. The quantitative estimate of drug-likeness (QED) is 0.464. The number of nitrogens with zero attached hydrogens (tertiary/aromatic N) is 3. The molecule has 0 spiro atoms. The Kier molecular flexibility index (Phi) is 5.22. The average molecular weight is 384 g/mol. The van der Waals surface area contributed by atoms with Crippen molar-refractivity contribution in [1.82, 2.24) is 19.1 Å². The van der Waals surface area contributed by atoms with Crippen LogP contribution in [-0.2, 0) is 13.1 Å². The van der Waals surface area contributed by atoms with Crippen LogP contribution in [-0.4, -0.2) is 26.1 Å². The van der Waals surface area contributed by atoms with Gasteiger partial charge in [-0.3, -0.25) is 9.48 Å². The lowest BCUT2D eigenvalue weighted by Gasteiger charge is -2.05. The molecule has 2 N–H and O–H groups in total. The fourth-order valence-corrected chi connectivity index (χ4v) is 4.44. The van der Waals surface area contributed by atoms with Crippen molar-refractivity contribution in [3.63, 3.8) is 0 Å². The van der Waals surface area contributed by atoms with Crippen LogP contribution in [0.5, 0.6) is 0 Å². The lowest BCUT2D eigenvalue weighted by atomic mass is 10.2. The Morgan fingerprint density at radius 2 is 2.15 bits per heavy atom. The molecule has 0 radical (unpaired) electrons. The molecular weight excluding hydrogens is 358 g/mol. The molecule has 0 saturated heterocycles. The van der Waals surface area contributed by atoms with Gasteiger partial charge in [0.25, 0.3) is 5.56 Å².